The quantitative estimate of drug-likeness (QED) is 0.730. The van der Waals surface area contributed by atoms with Crippen LogP contribution in [-0.2, 0) is 4.79 Å². The maximum absolute atomic E-state index is 12.4. The zero-order chi connectivity index (χ0) is 18.4. The number of benzene rings is 2. The molecule has 6 heteroatoms. The third kappa shape index (κ3) is 5.26. The second-order valence-electron chi connectivity index (χ2n) is 6.18. The highest BCUT2D eigenvalue weighted by atomic mass is 35.5. The molecule has 1 aliphatic heterocycles. The lowest BCUT2D eigenvalue weighted by atomic mass is 10.1. The van der Waals surface area contributed by atoms with E-state index in [0.717, 1.165) is 30.8 Å². The van der Waals surface area contributed by atoms with Crippen molar-refractivity contribution in [2.75, 3.05) is 24.2 Å². The van der Waals surface area contributed by atoms with E-state index in [9.17, 15) is 9.59 Å². The number of nitrogens with one attached hydrogen (secondary N) is 1. The van der Waals surface area contributed by atoms with E-state index in [2.05, 4.69) is 5.32 Å². The first-order valence-electron chi connectivity index (χ1n) is 8.69. The lowest BCUT2D eigenvalue weighted by molar-refractivity contribution is -0.115. The summed E-state index contributed by atoms with van der Waals surface area (Å²) < 4.78 is 0. The minimum Gasteiger partial charge on any atom is -0.339 e. The van der Waals surface area contributed by atoms with E-state index in [1.807, 2.05) is 35.2 Å². The Morgan fingerprint density at radius 1 is 1.08 bits per heavy atom. The van der Waals surface area contributed by atoms with Crippen molar-refractivity contribution in [1.29, 1.82) is 0 Å². The van der Waals surface area contributed by atoms with Gasteiger partial charge in [-0.2, -0.15) is 0 Å². The van der Waals surface area contributed by atoms with Gasteiger partial charge in [0.25, 0.3) is 5.91 Å². The number of halogens is 1. The number of hydrogen-bond acceptors (Lipinski definition) is 3. The summed E-state index contributed by atoms with van der Waals surface area (Å²) in [5, 5.41) is 3.58. The molecule has 0 atom stereocenters. The van der Waals surface area contributed by atoms with Crippen LogP contribution < -0.4 is 5.32 Å². The summed E-state index contributed by atoms with van der Waals surface area (Å²) in [6.07, 6.45) is 2.53. The van der Waals surface area contributed by atoms with Gasteiger partial charge in [-0.15, -0.1) is 11.8 Å². The van der Waals surface area contributed by atoms with Gasteiger partial charge in [0.05, 0.1) is 0 Å². The number of likely N-dealkylation sites (tertiary alicyclic amines) is 1. The average Bonchev–Trinajstić information content (AvgIpc) is 3.18. The van der Waals surface area contributed by atoms with Gasteiger partial charge in [0, 0.05) is 46.4 Å². The summed E-state index contributed by atoms with van der Waals surface area (Å²) >= 11 is 7.48. The van der Waals surface area contributed by atoms with Gasteiger partial charge in [0.1, 0.15) is 0 Å². The smallest absolute Gasteiger partial charge is 0.253 e. The van der Waals surface area contributed by atoms with Crippen LogP contribution in [0.3, 0.4) is 0 Å². The molecule has 26 heavy (non-hydrogen) atoms. The monoisotopic (exact) mass is 388 g/mol. The van der Waals surface area contributed by atoms with E-state index in [0.29, 0.717) is 28.4 Å². The fraction of sp³-hybridized carbons (Fsp3) is 0.300. The van der Waals surface area contributed by atoms with Gasteiger partial charge in [-0.3, -0.25) is 9.59 Å². The number of anilines is 1. The zero-order valence-electron chi connectivity index (χ0n) is 14.4. The van der Waals surface area contributed by atoms with E-state index in [4.69, 9.17) is 11.6 Å². The van der Waals surface area contributed by atoms with Gasteiger partial charge in [0.2, 0.25) is 5.91 Å². The summed E-state index contributed by atoms with van der Waals surface area (Å²) in [4.78, 5) is 27.5. The molecule has 0 unspecified atom stereocenters. The molecule has 0 spiro atoms. The Morgan fingerprint density at radius 3 is 2.54 bits per heavy atom. The normalized spacial score (nSPS) is 13.7. The zero-order valence-corrected chi connectivity index (χ0v) is 16.0. The summed E-state index contributed by atoms with van der Waals surface area (Å²) in [7, 11) is 0. The van der Waals surface area contributed by atoms with Gasteiger partial charge < -0.3 is 10.2 Å². The molecule has 1 fully saturated rings. The molecule has 1 aliphatic rings. The summed E-state index contributed by atoms with van der Waals surface area (Å²) in [6, 6.07) is 14.7. The van der Waals surface area contributed by atoms with Crippen molar-refractivity contribution in [2.45, 2.75) is 24.2 Å². The van der Waals surface area contributed by atoms with Gasteiger partial charge in [0.15, 0.2) is 0 Å². The average molecular weight is 389 g/mol. The number of hydrogen-bond donors (Lipinski definition) is 1. The van der Waals surface area contributed by atoms with Crippen molar-refractivity contribution in [3.05, 3.63) is 59.1 Å². The first-order chi connectivity index (χ1) is 12.6. The summed E-state index contributed by atoms with van der Waals surface area (Å²) in [5.74, 6) is 0.661. The highest BCUT2D eigenvalue weighted by Crippen LogP contribution is 2.21. The third-order valence-corrected chi connectivity index (χ3v) is 5.46. The van der Waals surface area contributed by atoms with Crippen LogP contribution in [0, 0.1) is 0 Å². The Bertz CT molecular complexity index is 774. The number of carbonyl (C=O) groups excluding carboxylic acids is 2. The van der Waals surface area contributed by atoms with Crippen molar-refractivity contribution in [2.24, 2.45) is 0 Å². The van der Waals surface area contributed by atoms with Crippen molar-refractivity contribution in [1.82, 2.24) is 4.90 Å². The standard InChI is InChI=1S/C20H21ClN2O2S/c21-16-6-8-18(9-7-16)26-13-10-19(24)22-17-5-3-4-15(14-17)20(25)23-11-1-2-12-23/h3-9,14H,1-2,10-13H2,(H,22,24). The van der Waals surface area contributed by atoms with Crippen LogP contribution in [0.1, 0.15) is 29.6 Å². The maximum Gasteiger partial charge on any atom is 0.253 e. The number of nitrogens with zero attached hydrogens (tertiary/aromatic N) is 1. The van der Waals surface area contributed by atoms with E-state index < -0.39 is 0 Å². The van der Waals surface area contributed by atoms with Crippen molar-refractivity contribution in [3.8, 4) is 0 Å². The Labute approximate surface area is 162 Å². The Hall–Kier alpha value is -1.98. The second-order valence-corrected chi connectivity index (χ2v) is 7.79. The van der Waals surface area contributed by atoms with Gasteiger partial charge >= 0.3 is 0 Å². The molecule has 1 saturated heterocycles. The SMILES string of the molecule is O=C(CCSc1ccc(Cl)cc1)Nc1cccc(C(=O)N2CCCC2)c1. The number of rotatable bonds is 6. The summed E-state index contributed by atoms with van der Waals surface area (Å²) in [6.45, 7) is 1.63. The largest absolute Gasteiger partial charge is 0.339 e. The van der Waals surface area contributed by atoms with E-state index in [1.165, 1.54) is 0 Å². The van der Waals surface area contributed by atoms with Gasteiger partial charge in [-0.05, 0) is 55.3 Å². The molecule has 0 bridgehead atoms. The fourth-order valence-corrected chi connectivity index (χ4v) is 3.83. The summed E-state index contributed by atoms with van der Waals surface area (Å²) in [5.41, 5.74) is 1.29. The maximum atomic E-state index is 12.4. The fourth-order valence-electron chi connectivity index (χ4n) is 2.85. The molecule has 3 rings (SSSR count). The first kappa shape index (κ1) is 18.8. The van der Waals surface area contributed by atoms with Crippen LogP contribution in [0.5, 0.6) is 0 Å². The van der Waals surface area contributed by atoms with Crippen molar-refractivity contribution < 1.29 is 9.59 Å². The molecule has 1 N–H and O–H groups in total. The number of carbonyl (C=O) groups is 2. The molecule has 0 aromatic heterocycles. The van der Waals surface area contributed by atoms with Gasteiger partial charge in [-0.25, -0.2) is 0 Å². The Balaban J connectivity index is 1.50. The van der Waals surface area contributed by atoms with Crippen LogP contribution >= 0.6 is 23.4 Å². The van der Waals surface area contributed by atoms with Crippen LogP contribution in [0.15, 0.2) is 53.4 Å². The molecule has 1 heterocycles. The van der Waals surface area contributed by atoms with Crippen LogP contribution in [0.25, 0.3) is 0 Å². The Morgan fingerprint density at radius 2 is 1.81 bits per heavy atom. The Kier molecular flexibility index (Phi) is 6.58. The molecule has 2 amide bonds. The molecule has 2 aromatic rings. The molecule has 0 aliphatic carbocycles. The molecular formula is C20H21ClN2O2S. The van der Waals surface area contributed by atoms with E-state index >= 15 is 0 Å². The van der Waals surface area contributed by atoms with Gasteiger partial charge in [-0.1, -0.05) is 17.7 Å². The number of amides is 2. The lowest BCUT2D eigenvalue weighted by Gasteiger charge is -2.15. The predicted molar refractivity (Wildman–Crippen MR) is 107 cm³/mol. The second kappa shape index (κ2) is 9.10. The molecule has 0 radical (unpaired) electrons. The van der Waals surface area contributed by atoms with E-state index in [1.54, 1.807) is 30.0 Å². The first-order valence-corrected chi connectivity index (χ1v) is 10.1. The molecule has 4 nitrogen and oxygen atoms in total. The molecule has 136 valence electrons. The minimum absolute atomic E-state index is 0.0388. The highest BCUT2D eigenvalue weighted by Gasteiger charge is 2.19. The molecular weight excluding hydrogens is 368 g/mol. The predicted octanol–water partition coefficient (Wildman–Crippen LogP) is 4.70. The van der Waals surface area contributed by atoms with E-state index in [-0.39, 0.29) is 11.8 Å². The molecule has 2 aromatic carbocycles. The number of thioether (sulfide) groups is 1. The third-order valence-electron chi connectivity index (χ3n) is 4.20. The van der Waals surface area contributed by atoms with Crippen LogP contribution in [-0.4, -0.2) is 35.6 Å². The van der Waals surface area contributed by atoms with Crippen LogP contribution in [0.2, 0.25) is 5.02 Å². The van der Waals surface area contributed by atoms with Crippen molar-refractivity contribution in [3.63, 3.8) is 0 Å². The minimum atomic E-state index is -0.0581. The molecule has 0 saturated carbocycles. The van der Waals surface area contributed by atoms with Crippen molar-refractivity contribution >= 4 is 40.9 Å². The highest BCUT2D eigenvalue weighted by molar-refractivity contribution is 7.99. The topological polar surface area (TPSA) is 49.4 Å². The lowest BCUT2D eigenvalue weighted by Crippen LogP contribution is -2.27. The van der Waals surface area contributed by atoms with Crippen LogP contribution in [0.4, 0.5) is 5.69 Å².